The quantitative estimate of drug-likeness (QED) is 0.172. The number of hydrogen-bond donors (Lipinski definition) is 1. The zero-order valence-electron chi connectivity index (χ0n) is 28.4. The van der Waals surface area contributed by atoms with Gasteiger partial charge >= 0.3 is 0 Å². The monoisotopic (exact) mass is 614 g/mol. The third-order valence-electron chi connectivity index (χ3n) is 9.04. The second kappa shape index (κ2) is 17.4. The number of benzene rings is 3. The molecule has 6 nitrogen and oxygen atoms in total. The van der Waals surface area contributed by atoms with E-state index < -0.39 is 0 Å². The standard InChI is InChI=1S/C23H25NO3.C11H17N.C5H12O/c1-15-10-19(12-22-23(15)27-14-26-22)20-11-21(24(13-20)8-9-25)18-6-4-17(5-7-18)16-2-3-16;1-4-9-7-6-8-10(5-2)11(9)12-3;1-3-5-6-4-2/h4-7,9-10,12,16,20-21H,2-3,8,11,13-14H2,1H3;6-8,12H,4-5H2,1-3H3;3-5H2,1-2H3/t20-,21-;;/m1../s1. The van der Waals surface area contributed by atoms with Crippen LogP contribution in [0.1, 0.15) is 105 Å². The molecule has 0 radical (unpaired) electrons. The fraction of sp³-hybridized carbons (Fsp3) is 0.513. The van der Waals surface area contributed by atoms with Gasteiger partial charge in [-0.15, -0.1) is 0 Å². The van der Waals surface area contributed by atoms with Crippen molar-refractivity contribution < 1.29 is 19.0 Å². The van der Waals surface area contributed by atoms with E-state index in [2.05, 4.69) is 92.5 Å². The van der Waals surface area contributed by atoms with Crippen molar-refractivity contribution in [3.05, 3.63) is 88.0 Å². The molecule has 0 aromatic heterocycles. The maximum absolute atomic E-state index is 11.3. The number of ether oxygens (including phenoxy) is 3. The predicted molar refractivity (Wildman–Crippen MR) is 185 cm³/mol. The molecule has 45 heavy (non-hydrogen) atoms. The summed E-state index contributed by atoms with van der Waals surface area (Å²) in [6.07, 6.45) is 8.04. The van der Waals surface area contributed by atoms with Crippen LogP contribution in [0.25, 0.3) is 0 Å². The molecule has 1 saturated heterocycles. The number of anilines is 1. The van der Waals surface area contributed by atoms with Crippen molar-refractivity contribution in [2.45, 2.75) is 91.0 Å². The molecule has 6 heteroatoms. The third-order valence-corrected chi connectivity index (χ3v) is 9.04. The van der Waals surface area contributed by atoms with E-state index in [1.54, 1.807) is 0 Å². The number of nitrogens with one attached hydrogen (secondary N) is 1. The second-order valence-corrected chi connectivity index (χ2v) is 12.2. The Morgan fingerprint density at radius 1 is 0.911 bits per heavy atom. The molecule has 2 atom stereocenters. The van der Waals surface area contributed by atoms with Crippen LogP contribution in [0.5, 0.6) is 11.5 Å². The molecule has 244 valence electrons. The molecule has 3 aromatic carbocycles. The van der Waals surface area contributed by atoms with Crippen LogP contribution in [0, 0.1) is 6.92 Å². The lowest BCUT2D eigenvalue weighted by Crippen LogP contribution is -2.25. The second-order valence-electron chi connectivity index (χ2n) is 12.2. The fourth-order valence-corrected chi connectivity index (χ4v) is 6.50. The van der Waals surface area contributed by atoms with E-state index in [9.17, 15) is 4.79 Å². The van der Waals surface area contributed by atoms with E-state index in [0.29, 0.717) is 25.3 Å². The Morgan fingerprint density at radius 2 is 1.60 bits per heavy atom. The average Bonchev–Trinajstić information content (AvgIpc) is 3.66. The molecule has 0 unspecified atom stereocenters. The van der Waals surface area contributed by atoms with Gasteiger partial charge in [0, 0.05) is 38.5 Å². The first-order valence-electron chi connectivity index (χ1n) is 17.0. The summed E-state index contributed by atoms with van der Waals surface area (Å²) >= 11 is 0. The van der Waals surface area contributed by atoms with Gasteiger partial charge in [-0.3, -0.25) is 4.90 Å². The van der Waals surface area contributed by atoms with Gasteiger partial charge in [-0.05, 0) is 104 Å². The molecule has 2 aliphatic heterocycles. The van der Waals surface area contributed by atoms with Crippen molar-refractivity contribution in [3.8, 4) is 11.5 Å². The van der Waals surface area contributed by atoms with Gasteiger partial charge in [0.1, 0.15) is 6.29 Å². The Hall–Kier alpha value is -3.35. The number of fused-ring (bicyclic) bond motifs is 1. The molecular formula is C39H54N2O4. The first kappa shape index (κ1) is 34.5. The lowest BCUT2D eigenvalue weighted by Gasteiger charge is -2.22. The fourth-order valence-electron chi connectivity index (χ4n) is 6.50. The minimum Gasteiger partial charge on any atom is -0.454 e. The Kier molecular flexibility index (Phi) is 13.3. The SMILES string of the molecule is CCCOCC.CCc1cccc(CC)c1NC.Cc1cc([C@@H]2C[C@H](c3ccc(C4CC4)cc3)N(CC=O)C2)cc2c1OCO2. The number of carbonyl (C=O) groups is 1. The lowest BCUT2D eigenvalue weighted by atomic mass is 9.92. The van der Waals surface area contributed by atoms with Gasteiger partial charge in [0.15, 0.2) is 11.5 Å². The highest BCUT2D eigenvalue weighted by Crippen LogP contribution is 2.45. The number of para-hydroxylation sites is 1. The van der Waals surface area contributed by atoms with Crippen molar-refractivity contribution in [2.75, 3.05) is 45.5 Å². The summed E-state index contributed by atoms with van der Waals surface area (Å²) in [5.41, 5.74) is 9.34. The summed E-state index contributed by atoms with van der Waals surface area (Å²) in [6, 6.07) is 20.2. The molecule has 1 aliphatic carbocycles. The summed E-state index contributed by atoms with van der Waals surface area (Å²) in [5.74, 6) is 2.89. The Bertz CT molecular complexity index is 1330. The molecule has 1 N–H and O–H groups in total. The number of carbonyl (C=O) groups excluding carboxylic acids is 1. The number of aldehydes is 1. The van der Waals surface area contributed by atoms with E-state index in [4.69, 9.17) is 14.2 Å². The zero-order chi connectivity index (χ0) is 32.2. The van der Waals surface area contributed by atoms with Crippen molar-refractivity contribution in [3.63, 3.8) is 0 Å². The van der Waals surface area contributed by atoms with Crippen molar-refractivity contribution >= 4 is 12.0 Å². The van der Waals surface area contributed by atoms with Gasteiger partial charge in [0.05, 0.1) is 6.54 Å². The Morgan fingerprint density at radius 3 is 2.16 bits per heavy atom. The molecule has 6 rings (SSSR count). The molecule has 3 aliphatic rings. The van der Waals surface area contributed by atoms with Crippen LogP contribution in [-0.4, -0.2) is 51.3 Å². The number of aryl methyl sites for hydroxylation is 3. The summed E-state index contributed by atoms with van der Waals surface area (Å²) in [4.78, 5) is 13.6. The van der Waals surface area contributed by atoms with Crippen LogP contribution < -0.4 is 14.8 Å². The lowest BCUT2D eigenvalue weighted by molar-refractivity contribution is -0.109. The van der Waals surface area contributed by atoms with Crippen molar-refractivity contribution in [1.29, 1.82) is 0 Å². The zero-order valence-corrected chi connectivity index (χ0v) is 28.4. The van der Waals surface area contributed by atoms with Gasteiger partial charge in [-0.1, -0.05) is 69.3 Å². The molecule has 0 bridgehead atoms. The van der Waals surface area contributed by atoms with Gasteiger partial charge in [0.25, 0.3) is 0 Å². The Labute approximate surface area is 271 Å². The summed E-state index contributed by atoms with van der Waals surface area (Å²) in [5, 5.41) is 3.27. The van der Waals surface area contributed by atoms with E-state index in [-0.39, 0.29) is 0 Å². The molecule has 1 saturated carbocycles. The molecule has 0 spiro atoms. The first-order valence-corrected chi connectivity index (χ1v) is 17.0. The van der Waals surface area contributed by atoms with Crippen molar-refractivity contribution in [2.24, 2.45) is 0 Å². The highest BCUT2D eigenvalue weighted by atomic mass is 16.7. The van der Waals surface area contributed by atoms with Gasteiger partial charge in [0.2, 0.25) is 6.79 Å². The Balaban J connectivity index is 0.000000213. The van der Waals surface area contributed by atoms with Crippen molar-refractivity contribution in [1.82, 2.24) is 4.90 Å². The third kappa shape index (κ3) is 9.11. The van der Waals surface area contributed by atoms with Crippen LogP contribution in [0.15, 0.2) is 54.6 Å². The van der Waals surface area contributed by atoms with E-state index in [1.807, 2.05) is 14.0 Å². The predicted octanol–water partition coefficient (Wildman–Crippen LogP) is 8.62. The topological polar surface area (TPSA) is 60.0 Å². The van der Waals surface area contributed by atoms with E-state index in [0.717, 1.165) is 74.7 Å². The summed E-state index contributed by atoms with van der Waals surface area (Å²) in [7, 11) is 1.99. The molecule has 3 aromatic rings. The smallest absolute Gasteiger partial charge is 0.231 e. The van der Waals surface area contributed by atoms with Gasteiger partial charge in [-0.2, -0.15) is 0 Å². The summed E-state index contributed by atoms with van der Waals surface area (Å²) < 4.78 is 16.2. The van der Waals surface area contributed by atoms with Crippen LogP contribution >= 0.6 is 0 Å². The highest BCUT2D eigenvalue weighted by Gasteiger charge is 2.35. The minimum absolute atomic E-state index is 0.291. The van der Waals surface area contributed by atoms with E-state index in [1.165, 1.54) is 46.3 Å². The number of likely N-dealkylation sites (tertiary alicyclic amines) is 1. The van der Waals surface area contributed by atoms with Crippen LogP contribution in [0.4, 0.5) is 5.69 Å². The maximum atomic E-state index is 11.3. The number of rotatable bonds is 11. The molecule has 2 heterocycles. The van der Waals surface area contributed by atoms with E-state index >= 15 is 0 Å². The first-order chi connectivity index (χ1) is 22.0. The highest BCUT2D eigenvalue weighted by molar-refractivity contribution is 5.57. The van der Waals surface area contributed by atoms with Crippen LogP contribution in [-0.2, 0) is 22.4 Å². The van der Waals surface area contributed by atoms with Gasteiger partial charge < -0.3 is 24.3 Å². The summed E-state index contributed by atoms with van der Waals surface area (Å²) in [6.45, 7) is 14.0. The van der Waals surface area contributed by atoms with Crippen LogP contribution in [0.3, 0.4) is 0 Å². The molecular weight excluding hydrogens is 560 g/mol. The van der Waals surface area contributed by atoms with Gasteiger partial charge in [-0.25, -0.2) is 0 Å². The number of hydrogen-bond acceptors (Lipinski definition) is 6. The number of nitrogens with zero attached hydrogens (tertiary/aromatic N) is 1. The van der Waals surface area contributed by atoms with Crippen LogP contribution in [0.2, 0.25) is 0 Å². The normalized spacial score (nSPS) is 18.4. The minimum atomic E-state index is 0.291. The average molecular weight is 615 g/mol. The molecule has 2 fully saturated rings. The molecule has 0 amide bonds. The maximum Gasteiger partial charge on any atom is 0.231 e. The largest absolute Gasteiger partial charge is 0.454 e.